The lowest BCUT2D eigenvalue weighted by Crippen LogP contribution is -2.21. The van der Waals surface area contributed by atoms with Gasteiger partial charge in [0, 0.05) is 35.7 Å². The Bertz CT molecular complexity index is 1050. The normalized spacial score (nSPS) is 11.5. The van der Waals surface area contributed by atoms with E-state index in [0.717, 1.165) is 16.6 Å². The van der Waals surface area contributed by atoms with E-state index < -0.39 is 6.36 Å². The van der Waals surface area contributed by atoms with Gasteiger partial charge in [-0.3, -0.25) is 0 Å². The number of halogens is 4. The maximum Gasteiger partial charge on any atom is 0.573 e. The number of nitrogens with one attached hydrogen (secondary N) is 2. The molecule has 0 radical (unpaired) electrons. The van der Waals surface area contributed by atoms with Gasteiger partial charge in [-0.25, -0.2) is 4.98 Å². The van der Waals surface area contributed by atoms with Gasteiger partial charge in [-0.15, -0.1) is 13.2 Å². The van der Waals surface area contributed by atoms with E-state index in [1.54, 1.807) is 12.1 Å². The van der Waals surface area contributed by atoms with Crippen molar-refractivity contribution in [2.24, 2.45) is 0 Å². The fourth-order valence-electron chi connectivity index (χ4n) is 2.85. The van der Waals surface area contributed by atoms with Crippen LogP contribution in [0.25, 0.3) is 11.3 Å². The van der Waals surface area contributed by atoms with Crippen LogP contribution in [0.5, 0.6) is 5.75 Å². The molecule has 2 N–H and O–H groups in total. The first-order valence-corrected chi connectivity index (χ1v) is 10.6. The number of rotatable bonds is 9. The standard InChI is InChI=1S/C22H23BrF3N5O/c1-31(2)10-9-27-21-29-19(16-6-4-8-18(12-16)32-22(24,25)26)13-20(30-21)28-14-15-5-3-7-17(23)11-15/h3-8,11-13H,9-10,14H2,1-2H3,(H2,27,28,29,30). The topological polar surface area (TPSA) is 62.3 Å². The quantitative estimate of drug-likeness (QED) is 0.403. The minimum absolute atomic E-state index is 0.306. The predicted octanol–water partition coefficient (Wildman–Crippen LogP) is 5.39. The Hall–Kier alpha value is -2.85. The lowest BCUT2D eigenvalue weighted by molar-refractivity contribution is -0.274. The number of aromatic nitrogens is 2. The molecule has 0 amide bonds. The zero-order valence-corrected chi connectivity index (χ0v) is 19.2. The van der Waals surface area contributed by atoms with Crippen LogP contribution in [0.1, 0.15) is 5.56 Å². The molecule has 10 heteroatoms. The molecule has 3 rings (SSSR count). The Morgan fingerprint density at radius 1 is 1.00 bits per heavy atom. The lowest BCUT2D eigenvalue weighted by atomic mass is 10.1. The molecule has 0 atom stereocenters. The first-order valence-electron chi connectivity index (χ1n) is 9.80. The number of ether oxygens (including phenoxy) is 1. The summed E-state index contributed by atoms with van der Waals surface area (Å²) in [6, 6.07) is 15.3. The van der Waals surface area contributed by atoms with E-state index >= 15 is 0 Å². The molecule has 32 heavy (non-hydrogen) atoms. The molecule has 0 aliphatic carbocycles. The SMILES string of the molecule is CN(C)CCNc1nc(NCc2cccc(Br)c2)cc(-c2cccc(OC(F)(F)F)c2)n1. The number of hydrogen-bond acceptors (Lipinski definition) is 6. The number of benzene rings is 2. The summed E-state index contributed by atoms with van der Waals surface area (Å²) in [5.41, 5.74) is 1.99. The molecular weight excluding hydrogens is 487 g/mol. The van der Waals surface area contributed by atoms with Crippen molar-refractivity contribution in [2.45, 2.75) is 12.9 Å². The van der Waals surface area contributed by atoms with Crippen LogP contribution in [0.4, 0.5) is 24.9 Å². The third-order valence-corrected chi connectivity index (χ3v) is 4.79. The molecule has 0 saturated carbocycles. The van der Waals surface area contributed by atoms with Crippen molar-refractivity contribution in [1.82, 2.24) is 14.9 Å². The molecule has 0 aliphatic heterocycles. The van der Waals surface area contributed by atoms with Gasteiger partial charge in [-0.05, 0) is 43.9 Å². The summed E-state index contributed by atoms with van der Waals surface area (Å²) in [6.45, 7) is 1.90. The van der Waals surface area contributed by atoms with Gasteiger partial charge in [-0.1, -0.05) is 40.2 Å². The minimum Gasteiger partial charge on any atom is -0.406 e. The highest BCUT2D eigenvalue weighted by Gasteiger charge is 2.31. The van der Waals surface area contributed by atoms with E-state index in [2.05, 4.69) is 41.3 Å². The van der Waals surface area contributed by atoms with Crippen LogP contribution in [0.2, 0.25) is 0 Å². The highest BCUT2D eigenvalue weighted by atomic mass is 79.9. The number of hydrogen-bond donors (Lipinski definition) is 2. The van der Waals surface area contributed by atoms with Gasteiger partial charge >= 0.3 is 6.36 Å². The number of alkyl halides is 3. The maximum absolute atomic E-state index is 12.6. The van der Waals surface area contributed by atoms with Crippen molar-refractivity contribution in [3.8, 4) is 17.0 Å². The first-order chi connectivity index (χ1) is 15.2. The van der Waals surface area contributed by atoms with Crippen LogP contribution in [-0.2, 0) is 6.54 Å². The summed E-state index contributed by atoms with van der Waals surface area (Å²) in [4.78, 5) is 11.0. The van der Waals surface area contributed by atoms with Crippen LogP contribution in [0, 0.1) is 0 Å². The summed E-state index contributed by atoms with van der Waals surface area (Å²) in [5, 5.41) is 6.42. The summed E-state index contributed by atoms with van der Waals surface area (Å²) in [7, 11) is 3.91. The second-order valence-electron chi connectivity index (χ2n) is 7.25. The zero-order valence-electron chi connectivity index (χ0n) is 17.6. The van der Waals surface area contributed by atoms with E-state index in [9.17, 15) is 13.2 Å². The Kier molecular flexibility index (Phi) is 7.92. The first kappa shape index (κ1) is 23.8. The summed E-state index contributed by atoms with van der Waals surface area (Å²) in [5.74, 6) is 0.618. The Labute approximate surface area is 193 Å². The Morgan fingerprint density at radius 2 is 1.78 bits per heavy atom. The maximum atomic E-state index is 12.6. The predicted molar refractivity (Wildman–Crippen MR) is 123 cm³/mol. The lowest BCUT2D eigenvalue weighted by Gasteiger charge is -2.14. The molecule has 0 fully saturated rings. The molecule has 3 aromatic rings. The minimum atomic E-state index is -4.76. The summed E-state index contributed by atoms with van der Waals surface area (Å²) in [6.07, 6.45) is -4.76. The van der Waals surface area contributed by atoms with Gasteiger partial charge in [0.15, 0.2) is 0 Å². The van der Waals surface area contributed by atoms with Gasteiger partial charge < -0.3 is 20.3 Å². The van der Waals surface area contributed by atoms with E-state index in [-0.39, 0.29) is 5.75 Å². The number of likely N-dealkylation sites (N-methyl/N-ethyl adjacent to an activating group) is 1. The van der Waals surface area contributed by atoms with Crippen molar-refractivity contribution in [3.63, 3.8) is 0 Å². The van der Waals surface area contributed by atoms with Crippen LogP contribution >= 0.6 is 15.9 Å². The fraction of sp³-hybridized carbons (Fsp3) is 0.273. The molecule has 0 unspecified atom stereocenters. The summed E-state index contributed by atoms with van der Waals surface area (Å²) >= 11 is 3.45. The highest BCUT2D eigenvalue weighted by molar-refractivity contribution is 9.10. The number of nitrogens with zero attached hydrogens (tertiary/aromatic N) is 3. The van der Waals surface area contributed by atoms with Gasteiger partial charge in [-0.2, -0.15) is 4.98 Å². The largest absolute Gasteiger partial charge is 0.573 e. The van der Waals surface area contributed by atoms with Gasteiger partial charge in [0.1, 0.15) is 11.6 Å². The van der Waals surface area contributed by atoms with Crippen molar-refractivity contribution in [1.29, 1.82) is 0 Å². The Balaban J connectivity index is 1.86. The molecule has 170 valence electrons. The van der Waals surface area contributed by atoms with Gasteiger partial charge in [0.05, 0.1) is 5.69 Å². The smallest absolute Gasteiger partial charge is 0.406 e. The van der Waals surface area contributed by atoms with Gasteiger partial charge in [0.2, 0.25) is 5.95 Å². The van der Waals surface area contributed by atoms with E-state index in [1.807, 2.05) is 43.3 Å². The molecule has 6 nitrogen and oxygen atoms in total. The molecule has 1 heterocycles. The molecular formula is C22H23BrF3N5O. The molecule has 0 spiro atoms. The second kappa shape index (κ2) is 10.6. The second-order valence-corrected chi connectivity index (χ2v) is 8.17. The van der Waals surface area contributed by atoms with E-state index in [1.165, 1.54) is 18.2 Å². The monoisotopic (exact) mass is 509 g/mol. The van der Waals surface area contributed by atoms with Crippen molar-refractivity contribution >= 4 is 27.7 Å². The van der Waals surface area contributed by atoms with Crippen LogP contribution in [0.15, 0.2) is 59.1 Å². The molecule has 0 aliphatic rings. The molecule has 0 bridgehead atoms. The van der Waals surface area contributed by atoms with Crippen LogP contribution in [0.3, 0.4) is 0 Å². The van der Waals surface area contributed by atoms with Crippen molar-refractivity contribution in [3.05, 3.63) is 64.6 Å². The third kappa shape index (κ3) is 7.69. The zero-order chi connectivity index (χ0) is 23.1. The molecule has 1 aromatic heterocycles. The Morgan fingerprint density at radius 3 is 2.50 bits per heavy atom. The van der Waals surface area contributed by atoms with Crippen LogP contribution in [-0.4, -0.2) is 48.4 Å². The average Bonchev–Trinajstić information content (AvgIpc) is 2.71. The van der Waals surface area contributed by atoms with Crippen molar-refractivity contribution in [2.75, 3.05) is 37.8 Å². The average molecular weight is 510 g/mol. The highest BCUT2D eigenvalue weighted by Crippen LogP contribution is 2.28. The van der Waals surface area contributed by atoms with E-state index in [0.29, 0.717) is 36.1 Å². The third-order valence-electron chi connectivity index (χ3n) is 4.29. The molecule has 0 saturated heterocycles. The molecule has 2 aromatic carbocycles. The van der Waals surface area contributed by atoms with E-state index in [4.69, 9.17) is 0 Å². The van der Waals surface area contributed by atoms with Crippen LogP contribution < -0.4 is 15.4 Å². The summed E-state index contributed by atoms with van der Waals surface area (Å²) < 4.78 is 42.9. The van der Waals surface area contributed by atoms with Crippen molar-refractivity contribution < 1.29 is 17.9 Å². The van der Waals surface area contributed by atoms with Gasteiger partial charge in [0.25, 0.3) is 0 Å². The number of anilines is 2. The fourth-order valence-corrected chi connectivity index (χ4v) is 3.29.